The van der Waals surface area contributed by atoms with Crippen molar-refractivity contribution >= 4 is 5.84 Å². The van der Waals surface area contributed by atoms with Gasteiger partial charge in [-0.3, -0.25) is 9.89 Å². The van der Waals surface area contributed by atoms with Crippen molar-refractivity contribution in [2.75, 3.05) is 32.7 Å². The molecule has 0 bridgehead atoms. The van der Waals surface area contributed by atoms with E-state index in [1.54, 1.807) is 0 Å². The molecule has 84 valence electrons. The molecule has 0 amide bonds. The molecule has 0 N–H and O–H groups in total. The van der Waals surface area contributed by atoms with Gasteiger partial charge in [0.25, 0.3) is 0 Å². The first-order valence-corrected chi connectivity index (χ1v) is 5.97. The van der Waals surface area contributed by atoms with E-state index in [0.717, 1.165) is 26.1 Å². The normalized spacial score (nSPS) is 23.4. The summed E-state index contributed by atoms with van der Waals surface area (Å²) >= 11 is 0. The molecule has 0 aromatic heterocycles. The maximum Gasteiger partial charge on any atom is 0.123 e. The summed E-state index contributed by atoms with van der Waals surface area (Å²) in [4.78, 5) is 9.50. The highest BCUT2D eigenvalue weighted by Crippen LogP contribution is 2.09. The van der Waals surface area contributed by atoms with Crippen molar-refractivity contribution < 1.29 is 0 Å². The molecule has 3 heteroatoms. The second-order valence-electron chi connectivity index (χ2n) is 4.55. The Morgan fingerprint density at radius 3 is 2.47 bits per heavy atom. The van der Waals surface area contributed by atoms with Crippen molar-refractivity contribution in [2.24, 2.45) is 4.99 Å². The molecule has 0 saturated carbocycles. The average molecular weight is 207 g/mol. The van der Waals surface area contributed by atoms with Gasteiger partial charge in [0.15, 0.2) is 0 Å². The molecule has 2 aliphatic heterocycles. The van der Waals surface area contributed by atoms with Crippen LogP contribution in [-0.4, -0.2) is 54.4 Å². The van der Waals surface area contributed by atoms with Crippen LogP contribution in [0.15, 0.2) is 17.1 Å². The molecule has 1 fully saturated rings. The topological polar surface area (TPSA) is 18.8 Å². The Bertz CT molecular complexity index is 260. The molecule has 2 aliphatic rings. The predicted molar refractivity (Wildman–Crippen MR) is 64.3 cm³/mol. The van der Waals surface area contributed by atoms with E-state index in [2.05, 4.69) is 40.8 Å². The van der Waals surface area contributed by atoms with Crippen LogP contribution < -0.4 is 0 Å². The van der Waals surface area contributed by atoms with E-state index in [-0.39, 0.29) is 0 Å². The van der Waals surface area contributed by atoms with Crippen LogP contribution in [0.4, 0.5) is 0 Å². The molecule has 0 aliphatic carbocycles. The first-order chi connectivity index (χ1) is 7.27. The smallest absolute Gasteiger partial charge is 0.123 e. The number of aliphatic imine (C=N–C) groups is 1. The Kier molecular flexibility index (Phi) is 3.41. The fourth-order valence-electron chi connectivity index (χ4n) is 2.17. The van der Waals surface area contributed by atoms with Gasteiger partial charge in [0.2, 0.25) is 0 Å². The van der Waals surface area contributed by atoms with Gasteiger partial charge < -0.3 is 4.90 Å². The van der Waals surface area contributed by atoms with Gasteiger partial charge in [0, 0.05) is 38.8 Å². The quantitative estimate of drug-likeness (QED) is 0.647. The summed E-state index contributed by atoms with van der Waals surface area (Å²) in [5, 5.41) is 0. The number of hydrogen-bond donors (Lipinski definition) is 0. The standard InChI is InChI=1S/C12H21N3/c1-11(2)14-7-9-15(10-8-14)12-5-3-4-6-13-12/h3,5,11H,4,6-10H2,1-2H3. The maximum absolute atomic E-state index is 4.56. The summed E-state index contributed by atoms with van der Waals surface area (Å²) in [7, 11) is 0. The summed E-state index contributed by atoms with van der Waals surface area (Å²) in [5.74, 6) is 1.20. The monoisotopic (exact) mass is 207 g/mol. The highest BCUT2D eigenvalue weighted by molar-refractivity contribution is 5.93. The van der Waals surface area contributed by atoms with Crippen LogP contribution >= 0.6 is 0 Å². The lowest BCUT2D eigenvalue weighted by atomic mass is 10.2. The van der Waals surface area contributed by atoms with Gasteiger partial charge in [-0.15, -0.1) is 0 Å². The van der Waals surface area contributed by atoms with E-state index in [1.807, 2.05) is 0 Å². The second-order valence-corrected chi connectivity index (χ2v) is 4.55. The number of nitrogens with zero attached hydrogens (tertiary/aromatic N) is 3. The lowest BCUT2D eigenvalue weighted by molar-refractivity contribution is 0.149. The van der Waals surface area contributed by atoms with Crippen molar-refractivity contribution in [2.45, 2.75) is 26.3 Å². The SMILES string of the molecule is CC(C)N1CCN(C2=NCCC=C2)CC1. The molecule has 15 heavy (non-hydrogen) atoms. The molecule has 0 atom stereocenters. The molecule has 0 radical (unpaired) electrons. The Labute approximate surface area is 92.5 Å². The number of hydrogen-bond acceptors (Lipinski definition) is 3. The predicted octanol–water partition coefficient (Wildman–Crippen LogP) is 1.37. The van der Waals surface area contributed by atoms with Crippen molar-refractivity contribution in [1.29, 1.82) is 0 Å². The minimum absolute atomic E-state index is 0.677. The minimum atomic E-state index is 0.677. The molecule has 0 spiro atoms. The first kappa shape index (κ1) is 10.7. The van der Waals surface area contributed by atoms with Crippen LogP contribution in [0.1, 0.15) is 20.3 Å². The molecule has 0 aromatic carbocycles. The third kappa shape index (κ3) is 2.59. The second kappa shape index (κ2) is 4.79. The van der Waals surface area contributed by atoms with Gasteiger partial charge in [0.05, 0.1) is 0 Å². The zero-order valence-corrected chi connectivity index (χ0v) is 9.82. The summed E-state index contributed by atoms with van der Waals surface area (Å²) in [6, 6.07) is 0.677. The van der Waals surface area contributed by atoms with Gasteiger partial charge in [0.1, 0.15) is 5.84 Å². The van der Waals surface area contributed by atoms with Crippen molar-refractivity contribution in [1.82, 2.24) is 9.80 Å². The first-order valence-electron chi connectivity index (χ1n) is 5.97. The highest BCUT2D eigenvalue weighted by atomic mass is 15.3. The van der Waals surface area contributed by atoms with Gasteiger partial charge in [-0.1, -0.05) is 6.08 Å². The molecular weight excluding hydrogens is 186 g/mol. The zero-order chi connectivity index (χ0) is 10.7. The van der Waals surface area contributed by atoms with Crippen LogP contribution in [0, 0.1) is 0 Å². The van der Waals surface area contributed by atoms with Crippen LogP contribution in [0.5, 0.6) is 0 Å². The van der Waals surface area contributed by atoms with Gasteiger partial charge in [-0.05, 0) is 26.3 Å². The van der Waals surface area contributed by atoms with Gasteiger partial charge >= 0.3 is 0 Å². The van der Waals surface area contributed by atoms with Crippen molar-refractivity contribution in [3.63, 3.8) is 0 Å². The third-order valence-electron chi connectivity index (χ3n) is 3.21. The largest absolute Gasteiger partial charge is 0.354 e. The fourth-order valence-corrected chi connectivity index (χ4v) is 2.17. The lowest BCUT2D eigenvalue weighted by Gasteiger charge is -2.38. The van der Waals surface area contributed by atoms with E-state index < -0.39 is 0 Å². The Hall–Kier alpha value is -0.830. The van der Waals surface area contributed by atoms with Crippen LogP contribution in [-0.2, 0) is 0 Å². The van der Waals surface area contributed by atoms with E-state index in [1.165, 1.54) is 18.9 Å². The molecule has 3 nitrogen and oxygen atoms in total. The van der Waals surface area contributed by atoms with Crippen molar-refractivity contribution in [3.05, 3.63) is 12.2 Å². The number of dihydropyridines is 1. The molecule has 0 unspecified atom stereocenters. The highest BCUT2D eigenvalue weighted by Gasteiger charge is 2.20. The third-order valence-corrected chi connectivity index (χ3v) is 3.21. The Morgan fingerprint density at radius 2 is 1.93 bits per heavy atom. The van der Waals surface area contributed by atoms with Crippen LogP contribution in [0.25, 0.3) is 0 Å². The summed E-state index contributed by atoms with van der Waals surface area (Å²) in [5.41, 5.74) is 0. The Morgan fingerprint density at radius 1 is 1.20 bits per heavy atom. The molecule has 2 heterocycles. The average Bonchev–Trinajstić information content (AvgIpc) is 2.30. The minimum Gasteiger partial charge on any atom is -0.354 e. The summed E-state index contributed by atoms with van der Waals surface area (Å²) < 4.78 is 0. The molecule has 1 saturated heterocycles. The van der Waals surface area contributed by atoms with Gasteiger partial charge in [-0.2, -0.15) is 0 Å². The van der Waals surface area contributed by atoms with E-state index in [9.17, 15) is 0 Å². The number of amidine groups is 1. The van der Waals surface area contributed by atoms with Gasteiger partial charge in [-0.25, -0.2) is 0 Å². The zero-order valence-electron chi connectivity index (χ0n) is 9.82. The summed E-state index contributed by atoms with van der Waals surface area (Å²) in [6.07, 6.45) is 5.52. The van der Waals surface area contributed by atoms with E-state index in [4.69, 9.17) is 0 Å². The Balaban J connectivity index is 1.88. The van der Waals surface area contributed by atoms with Crippen LogP contribution in [0.2, 0.25) is 0 Å². The maximum atomic E-state index is 4.56. The number of rotatable bonds is 1. The van der Waals surface area contributed by atoms with Crippen LogP contribution in [0.3, 0.4) is 0 Å². The summed E-state index contributed by atoms with van der Waals surface area (Å²) in [6.45, 7) is 10.1. The molecule has 0 aromatic rings. The fraction of sp³-hybridized carbons (Fsp3) is 0.750. The number of piperazine rings is 1. The van der Waals surface area contributed by atoms with E-state index >= 15 is 0 Å². The van der Waals surface area contributed by atoms with E-state index in [0.29, 0.717) is 6.04 Å². The van der Waals surface area contributed by atoms with Crippen molar-refractivity contribution in [3.8, 4) is 0 Å². The molecular formula is C12H21N3. The molecule has 2 rings (SSSR count). The lowest BCUT2D eigenvalue weighted by Crippen LogP contribution is -2.50.